The normalized spacial score (nSPS) is 19.2. The van der Waals surface area contributed by atoms with Gasteiger partial charge in [-0.15, -0.1) is 0 Å². The summed E-state index contributed by atoms with van der Waals surface area (Å²) in [5, 5.41) is 0. The van der Waals surface area contributed by atoms with Gasteiger partial charge in [-0.1, -0.05) is 51.0 Å². The first-order chi connectivity index (χ1) is 13.0. The molecule has 0 radical (unpaired) electrons. The lowest BCUT2D eigenvalue weighted by Gasteiger charge is -2.23. The molecule has 0 heterocycles. The third-order valence-electron chi connectivity index (χ3n) is 5.15. The van der Waals surface area contributed by atoms with E-state index in [1.54, 1.807) is 13.0 Å². The summed E-state index contributed by atoms with van der Waals surface area (Å²) in [4.78, 5) is 3.53. The Balaban J connectivity index is 0.000000244. The van der Waals surface area contributed by atoms with E-state index in [1.165, 1.54) is 43.2 Å². The number of benzene rings is 2. The zero-order chi connectivity index (χ0) is 19.8. The fraction of sp³-hybridized carbons (Fsp3) is 0.455. The lowest BCUT2D eigenvalue weighted by molar-refractivity contribution is -0.00618. The molecule has 1 saturated carbocycles. The topological polar surface area (TPSA) is 9.23 Å². The Kier molecular flexibility index (Phi) is 8.14. The number of aryl methyl sites for hydroxylation is 1. The van der Waals surface area contributed by atoms with Crippen molar-refractivity contribution in [2.45, 2.75) is 46.0 Å². The molecule has 0 aromatic heterocycles. The zero-order valence-corrected chi connectivity index (χ0v) is 15.8. The van der Waals surface area contributed by atoms with Gasteiger partial charge in [0.05, 0.1) is 6.67 Å². The van der Waals surface area contributed by atoms with Crippen LogP contribution >= 0.6 is 0 Å². The molecule has 0 spiro atoms. The SMILES string of the molecule is CC1CCC(CF)CC1.CCc1ccc(-c2ccc(OF)cc2)c(F)c1F. The van der Waals surface area contributed by atoms with Crippen LogP contribution in [0.2, 0.25) is 0 Å². The average molecular weight is 382 g/mol. The van der Waals surface area contributed by atoms with E-state index in [0.717, 1.165) is 18.8 Å². The van der Waals surface area contributed by atoms with Crippen LogP contribution in [-0.4, -0.2) is 6.67 Å². The number of rotatable bonds is 4. The second kappa shape index (κ2) is 10.3. The largest absolute Gasteiger partial charge is 0.294 e. The first kappa shape index (κ1) is 21.3. The van der Waals surface area contributed by atoms with Gasteiger partial charge in [-0.25, -0.2) is 8.78 Å². The Morgan fingerprint density at radius 3 is 2.07 bits per heavy atom. The minimum atomic E-state index is -0.886. The van der Waals surface area contributed by atoms with Gasteiger partial charge in [-0.3, -0.25) is 9.33 Å². The van der Waals surface area contributed by atoms with Gasteiger partial charge in [0.15, 0.2) is 17.4 Å². The Labute approximate surface area is 158 Å². The molecule has 1 aliphatic carbocycles. The number of hydrogen-bond donors (Lipinski definition) is 0. The van der Waals surface area contributed by atoms with Gasteiger partial charge in [0, 0.05) is 10.1 Å². The minimum absolute atomic E-state index is 0.0183. The van der Waals surface area contributed by atoms with Crippen LogP contribution in [0.1, 0.15) is 45.1 Å². The first-order valence-electron chi connectivity index (χ1n) is 9.41. The van der Waals surface area contributed by atoms with Crippen molar-refractivity contribution in [3.63, 3.8) is 0 Å². The van der Waals surface area contributed by atoms with Gasteiger partial charge in [0.25, 0.3) is 0 Å². The Morgan fingerprint density at radius 2 is 1.56 bits per heavy atom. The van der Waals surface area contributed by atoms with Crippen LogP contribution in [0.5, 0.6) is 5.75 Å². The molecular formula is C22H26F4O. The molecule has 0 N–H and O–H groups in total. The lowest BCUT2D eigenvalue weighted by Crippen LogP contribution is -2.13. The molecule has 0 saturated heterocycles. The second-order valence-corrected chi connectivity index (χ2v) is 7.14. The molecule has 1 fully saturated rings. The predicted molar refractivity (Wildman–Crippen MR) is 100 cm³/mol. The summed E-state index contributed by atoms with van der Waals surface area (Å²) in [7, 11) is 0. The van der Waals surface area contributed by atoms with Crippen LogP contribution in [0, 0.1) is 23.5 Å². The van der Waals surface area contributed by atoms with E-state index in [0.29, 0.717) is 23.5 Å². The molecule has 1 aliphatic rings. The maximum Gasteiger partial charge on any atom is 0.171 e. The summed E-state index contributed by atoms with van der Waals surface area (Å²) in [5.74, 6) is -0.442. The smallest absolute Gasteiger partial charge is 0.171 e. The highest BCUT2D eigenvalue weighted by Crippen LogP contribution is 2.29. The maximum absolute atomic E-state index is 13.8. The molecule has 0 amide bonds. The van der Waals surface area contributed by atoms with Gasteiger partial charge >= 0.3 is 0 Å². The fourth-order valence-electron chi connectivity index (χ4n) is 3.25. The summed E-state index contributed by atoms with van der Waals surface area (Å²) in [5.41, 5.74) is 0.949. The molecule has 27 heavy (non-hydrogen) atoms. The van der Waals surface area contributed by atoms with E-state index in [1.807, 2.05) is 0 Å². The Morgan fingerprint density at radius 1 is 0.926 bits per heavy atom. The van der Waals surface area contributed by atoms with E-state index in [2.05, 4.69) is 11.9 Å². The van der Waals surface area contributed by atoms with Crippen molar-refractivity contribution in [1.29, 1.82) is 0 Å². The highest BCUT2D eigenvalue weighted by molar-refractivity contribution is 5.65. The predicted octanol–water partition coefficient (Wildman–Crippen LogP) is 7.24. The van der Waals surface area contributed by atoms with E-state index in [9.17, 15) is 17.7 Å². The molecule has 0 unspecified atom stereocenters. The van der Waals surface area contributed by atoms with Crippen LogP contribution in [-0.2, 0) is 6.42 Å². The molecular weight excluding hydrogens is 356 g/mol. The van der Waals surface area contributed by atoms with E-state index in [4.69, 9.17) is 0 Å². The molecule has 0 aliphatic heterocycles. The quantitative estimate of drug-likeness (QED) is 0.507. The standard InChI is InChI=1S/C14H11F3O.C8H15F/c1-2-9-5-8-12(14(16)13(9)15)10-3-6-11(18-17)7-4-10;1-7-2-4-8(6-9)5-3-7/h3-8H,2H2,1H3;7-8H,2-6H2,1H3. The molecule has 3 rings (SSSR count). The molecule has 1 nitrogen and oxygen atoms in total. The van der Waals surface area contributed by atoms with E-state index < -0.39 is 11.6 Å². The lowest BCUT2D eigenvalue weighted by atomic mass is 9.84. The molecule has 148 valence electrons. The summed E-state index contributed by atoms with van der Waals surface area (Å²) >= 11 is 0. The molecule has 0 bridgehead atoms. The monoisotopic (exact) mass is 382 g/mol. The highest BCUT2D eigenvalue weighted by Gasteiger charge is 2.17. The second-order valence-electron chi connectivity index (χ2n) is 7.14. The summed E-state index contributed by atoms with van der Waals surface area (Å²) < 4.78 is 51.3. The number of hydrogen-bond acceptors (Lipinski definition) is 1. The fourth-order valence-corrected chi connectivity index (χ4v) is 3.25. The molecule has 0 atom stereocenters. The van der Waals surface area contributed by atoms with Gasteiger partial charge < -0.3 is 0 Å². The van der Waals surface area contributed by atoms with E-state index >= 15 is 0 Å². The molecule has 2 aromatic rings. The molecule has 5 heteroatoms. The third kappa shape index (κ3) is 5.72. The first-order valence-corrected chi connectivity index (χ1v) is 9.41. The van der Waals surface area contributed by atoms with Crippen LogP contribution < -0.4 is 4.94 Å². The summed E-state index contributed by atoms with van der Waals surface area (Å²) in [6.07, 6.45) is 5.16. The van der Waals surface area contributed by atoms with Crippen LogP contribution in [0.25, 0.3) is 11.1 Å². The third-order valence-corrected chi connectivity index (χ3v) is 5.15. The minimum Gasteiger partial charge on any atom is -0.294 e. The van der Waals surface area contributed by atoms with Crippen LogP contribution in [0.3, 0.4) is 0 Å². The maximum atomic E-state index is 13.8. The highest BCUT2D eigenvalue weighted by atomic mass is 19.3. The number of halogens is 4. The Hall–Kier alpha value is -2.04. The van der Waals surface area contributed by atoms with Gasteiger partial charge in [0.1, 0.15) is 0 Å². The van der Waals surface area contributed by atoms with E-state index in [-0.39, 0.29) is 18.0 Å². The van der Waals surface area contributed by atoms with Gasteiger partial charge in [0.2, 0.25) is 0 Å². The van der Waals surface area contributed by atoms with Crippen molar-refractivity contribution in [2.24, 2.45) is 11.8 Å². The van der Waals surface area contributed by atoms with Gasteiger partial charge in [-0.05, 0) is 54.4 Å². The van der Waals surface area contributed by atoms with Gasteiger partial charge in [-0.2, -0.15) is 0 Å². The van der Waals surface area contributed by atoms with Crippen molar-refractivity contribution in [2.75, 3.05) is 6.67 Å². The summed E-state index contributed by atoms with van der Waals surface area (Å²) in [6, 6.07) is 8.70. The van der Waals surface area contributed by atoms with Crippen molar-refractivity contribution >= 4 is 0 Å². The average Bonchev–Trinajstić information content (AvgIpc) is 2.71. The zero-order valence-electron chi connectivity index (χ0n) is 15.8. The van der Waals surface area contributed by atoms with Crippen LogP contribution in [0.15, 0.2) is 36.4 Å². The number of alkyl halides is 1. The van der Waals surface area contributed by atoms with Crippen molar-refractivity contribution in [3.05, 3.63) is 53.6 Å². The molecule has 2 aromatic carbocycles. The van der Waals surface area contributed by atoms with Crippen LogP contribution in [0.4, 0.5) is 17.7 Å². The van der Waals surface area contributed by atoms with Crippen molar-refractivity contribution in [3.8, 4) is 16.9 Å². The Bertz CT molecular complexity index is 707. The van der Waals surface area contributed by atoms with Crippen molar-refractivity contribution < 1.29 is 22.6 Å². The van der Waals surface area contributed by atoms with Crippen molar-refractivity contribution in [1.82, 2.24) is 0 Å². The summed E-state index contributed by atoms with van der Waals surface area (Å²) in [6.45, 7) is 3.92.